The molecule has 32 heavy (non-hydrogen) atoms. The monoisotopic (exact) mass is 434 g/mol. The molecule has 1 aliphatic rings. The topological polar surface area (TPSA) is 128 Å². The molecule has 166 valence electrons. The van der Waals surface area contributed by atoms with Gasteiger partial charge in [-0.1, -0.05) is 5.21 Å². The van der Waals surface area contributed by atoms with Crippen molar-refractivity contribution in [3.63, 3.8) is 0 Å². The number of hydrogen-bond donors (Lipinski definition) is 2. The summed E-state index contributed by atoms with van der Waals surface area (Å²) in [5.74, 6) is 0.661. The Labute approximate surface area is 185 Å². The predicted molar refractivity (Wildman–Crippen MR) is 117 cm³/mol. The minimum Gasteiger partial charge on any atom is -0.354 e. The summed E-state index contributed by atoms with van der Waals surface area (Å²) in [6.07, 6.45) is 8.57. The molecule has 10 heteroatoms. The number of unbranched alkanes of at least 4 members (excludes halogenated alkanes) is 1. The number of hydrogen-bond acceptors (Lipinski definition) is 7. The van der Waals surface area contributed by atoms with Crippen LogP contribution in [0.15, 0.2) is 36.7 Å². The van der Waals surface area contributed by atoms with Gasteiger partial charge in [0.1, 0.15) is 0 Å². The van der Waals surface area contributed by atoms with Gasteiger partial charge in [0, 0.05) is 25.5 Å². The van der Waals surface area contributed by atoms with E-state index in [0.717, 1.165) is 30.7 Å². The Bertz CT molecular complexity index is 1080. The Kier molecular flexibility index (Phi) is 6.78. The van der Waals surface area contributed by atoms with Gasteiger partial charge in [-0.05, 0) is 67.9 Å². The molecule has 0 bridgehead atoms. The number of nitrogens with zero attached hydrogens (tertiary/aromatic N) is 6. The molecule has 2 amide bonds. The Morgan fingerprint density at radius 3 is 2.72 bits per heavy atom. The van der Waals surface area contributed by atoms with E-state index in [1.165, 1.54) is 18.4 Å². The number of aryl methyl sites for hydroxylation is 2. The molecule has 0 aromatic carbocycles. The van der Waals surface area contributed by atoms with E-state index in [4.69, 9.17) is 0 Å². The minimum atomic E-state index is -0.248. The number of pyridine rings is 1. The maximum Gasteiger partial charge on any atom is 0.273 e. The molecule has 1 aliphatic carbocycles. The molecule has 0 saturated heterocycles. The molecule has 3 aromatic rings. The molecule has 0 radical (unpaired) electrons. The number of rotatable bonds is 10. The van der Waals surface area contributed by atoms with Gasteiger partial charge in [0.25, 0.3) is 5.91 Å². The van der Waals surface area contributed by atoms with E-state index in [0.29, 0.717) is 24.0 Å². The Morgan fingerprint density at radius 1 is 1.09 bits per heavy atom. The van der Waals surface area contributed by atoms with Crippen LogP contribution in [0, 0.1) is 0 Å². The van der Waals surface area contributed by atoms with Crippen LogP contribution in [0.2, 0.25) is 0 Å². The van der Waals surface area contributed by atoms with Gasteiger partial charge in [-0.25, -0.2) is 0 Å². The molecule has 0 atom stereocenters. The number of anilines is 1. The number of carbonyl (C=O) groups is 2. The lowest BCUT2D eigenvalue weighted by Gasteiger charge is -2.06. The third-order valence-corrected chi connectivity index (χ3v) is 5.29. The highest BCUT2D eigenvalue weighted by Crippen LogP contribution is 2.39. The van der Waals surface area contributed by atoms with Gasteiger partial charge >= 0.3 is 0 Å². The van der Waals surface area contributed by atoms with Crippen molar-refractivity contribution < 1.29 is 9.59 Å². The third-order valence-electron chi connectivity index (χ3n) is 5.29. The molecule has 1 fully saturated rings. The van der Waals surface area contributed by atoms with Gasteiger partial charge < -0.3 is 10.6 Å². The predicted octanol–water partition coefficient (Wildman–Crippen LogP) is 1.90. The lowest BCUT2D eigenvalue weighted by atomic mass is 10.1. The lowest BCUT2D eigenvalue weighted by Crippen LogP contribution is -2.18. The molecule has 0 aliphatic heterocycles. The smallest absolute Gasteiger partial charge is 0.273 e. The molecule has 4 rings (SSSR count). The van der Waals surface area contributed by atoms with Crippen LogP contribution < -0.4 is 10.6 Å². The van der Waals surface area contributed by atoms with Crippen molar-refractivity contribution in [1.29, 1.82) is 0 Å². The van der Waals surface area contributed by atoms with Crippen LogP contribution in [0.1, 0.15) is 59.0 Å². The van der Waals surface area contributed by atoms with Crippen molar-refractivity contribution in [3.8, 4) is 0 Å². The van der Waals surface area contributed by atoms with Gasteiger partial charge in [0.05, 0.1) is 18.3 Å². The number of carbonyl (C=O) groups excluding carboxylic acids is 2. The van der Waals surface area contributed by atoms with Crippen LogP contribution in [0.5, 0.6) is 0 Å². The lowest BCUT2D eigenvalue weighted by molar-refractivity contribution is -0.115. The summed E-state index contributed by atoms with van der Waals surface area (Å²) in [6, 6.07) is 7.68. The molecular weight excluding hydrogens is 408 g/mol. The first-order valence-corrected chi connectivity index (χ1v) is 10.8. The zero-order valence-corrected chi connectivity index (χ0v) is 18.0. The average Bonchev–Trinajstić information content (AvgIpc) is 3.55. The highest BCUT2D eigenvalue weighted by atomic mass is 16.2. The second kappa shape index (κ2) is 10.1. The van der Waals surface area contributed by atoms with Gasteiger partial charge in [0.15, 0.2) is 11.5 Å². The molecule has 3 aromatic heterocycles. The zero-order valence-electron chi connectivity index (χ0n) is 18.0. The normalized spacial score (nSPS) is 13.0. The zero-order chi connectivity index (χ0) is 22.3. The molecule has 10 nitrogen and oxygen atoms in total. The number of nitrogens with one attached hydrogen (secondary N) is 2. The molecule has 3 heterocycles. The van der Waals surface area contributed by atoms with Gasteiger partial charge in [0.2, 0.25) is 5.91 Å². The summed E-state index contributed by atoms with van der Waals surface area (Å²) in [5, 5.41) is 21.4. The van der Waals surface area contributed by atoms with Gasteiger partial charge in [-0.2, -0.15) is 5.10 Å². The second-order valence-electron chi connectivity index (χ2n) is 7.89. The summed E-state index contributed by atoms with van der Waals surface area (Å²) in [5.41, 5.74) is 3.20. The molecule has 1 saturated carbocycles. The SMILES string of the molecule is CNC(=O)c1cn(CCCCc2ccc(NC(=O)Cc3cc(C4CC4)ccn3)nn2)nn1. The van der Waals surface area contributed by atoms with Gasteiger partial charge in [-0.3, -0.25) is 19.3 Å². The van der Waals surface area contributed by atoms with Crippen molar-refractivity contribution in [2.45, 2.75) is 51.0 Å². The van der Waals surface area contributed by atoms with Crippen LogP contribution >= 0.6 is 0 Å². The highest BCUT2D eigenvalue weighted by Gasteiger charge is 2.23. The number of aromatic nitrogens is 6. The van der Waals surface area contributed by atoms with Crippen molar-refractivity contribution in [3.05, 3.63) is 59.3 Å². The fourth-order valence-corrected chi connectivity index (χ4v) is 3.40. The Hall–Kier alpha value is -3.69. The minimum absolute atomic E-state index is 0.156. The van der Waals surface area contributed by atoms with E-state index in [1.807, 2.05) is 18.2 Å². The van der Waals surface area contributed by atoms with Gasteiger partial charge in [-0.15, -0.1) is 10.2 Å². The van der Waals surface area contributed by atoms with Crippen LogP contribution in [0.3, 0.4) is 0 Å². The summed E-state index contributed by atoms with van der Waals surface area (Å²) >= 11 is 0. The van der Waals surface area contributed by atoms with E-state index in [-0.39, 0.29) is 18.2 Å². The van der Waals surface area contributed by atoms with Crippen molar-refractivity contribution >= 4 is 17.6 Å². The number of amides is 2. The van der Waals surface area contributed by atoms with E-state index in [9.17, 15) is 9.59 Å². The van der Waals surface area contributed by atoms with Crippen LogP contribution in [0.4, 0.5) is 5.82 Å². The summed E-state index contributed by atoms with van der Waals surface area (Å²) in [4.78, 5) is 28.1. The van der Waals surface area contributed by atoms with Crippen LogP contribution in [-0.2, 0) is 24.2 Å². The van der Waals surface area contributed by atoms with Crippen molar-refractivity contribution in [2.24, 2.45) is 0 Å². The van der Waals surface area contributed by atoms with E-state index in [1.54, 1.807) is 30.2 Å². The summed E-state index contributed by atoms with van der Waals surface area (Å²) in [6.45, 7) is 0.668. The summed E-state index contributed by atoms with van der Waals surface area (Å²) < 4.78 is 1.66. The van der Waals surface area contributed by atoms with E-state index < -0.39 is 0 Å². The van der Waals surface area contributed by atoms with E-state index >= 15 is 0 Å². The third kappa shape index (κ3) is 5.93. The molecule has 0 spiro atoms. The van der Waals surface area contributed by atoms with Crippen LogP contribution in [0.25, 0.3) is 0 Å². The first-order chi connectivity index (χ1) is 15.6. The Balaban J connectivity index is 1.19. The van der Waals surface area contributed by atoms with Crippen molar-refractivity contribution in [2.75, 3.05) is 12.4 Å². The quantitative estimate of drug-likeness (QED) is 0.467. The largest absolute Gasteiger partial charge is 0.354 e. The summed E-state index contributed by atoms with van der Waals surface area (Å²) in [7, 11) is 1.56. The average molecular weight is 435 g/mol. The highest BCUT2D eigenvalue weighted by molar-refractivity contribution is 5.91. The first kappa shape index (κ1) is 21.5. The fourth-order valence-electron chi connectivity index (χ4n) is 3.40. The maximum absolute atomic E-state index is 12.3. The first-order valence-electron chi connectivity index (χ1n) is 10.8. The van der Waals surface area contributed by atoms with E-state index in [2.05, 4.69) is 36.1 Å². The molecule has 0 unspecified atom stereocenters. The molecule has 2 N–H and O–H groups in total. The standard InChI is InChI=1S/C22H26N8O2/c1-23-22(32)19-14-30(29-27-19)11-3-2-4-17-7-8-20(28-26-17)25-21(31)13-18-12-16(9-10-24-18)15-5-6-15/h7-10,12,14-15H,2-6,11,13H2,1H3,(H,23,32)(H,25,28,31). The van der Waals surface area contributed by atoms with Crippen molar-refractivity contribution in [1.82, 2.24) is 35.5 Å². The maximum atomic E-state index is 12.3. The second-order valence-corrected chi connectivity index (χ2v) is 7.89. The fraction of sp³-hybridized carbons (Fsp3) is 0.409. The van der Waals surface area contributed by atoms with Crippen LogP contribution in [-0.4, -0.2) is 49.0 Å². The molecular formula is C22H26N8O2. The Morgan fingerprint density at radius 2 is 1.97 bits per heavy atom.